The molecule has 8 heteroatoms. The molecule has 0 bridgehead atoms. The van der Waals surface area contributed by atoms with E-state index in [4.69, 9.17) is 4.74 Å². The van der Waals surface area contributed by atoms with Gasteiger partial charge in [-0.05, 0) is 43.4 Å². The first-order valence-electron chi connectivity index (χ1n) is 10.7. The van der Waals surface area contributed by atoms with E-state index >= 15 is 0 Å². The van der Waals surface area contributed by atoms with Gasteiger partial charge >= 0.3 is 0 Å². The molecule has 162 valence electrons. The van der Waals surface area contributed by atoms with Crippen molar-refractivity contribution in [1.29, 1.82) is 0 Å². The number of anilines is 1. The van der Waals surface area contributed by atoms with Gasteiger partial charge in [0.2, 0.25) is 11.9 Å². The Hall–Kier alpha value is -3.42. The van der Waals surface area contributed by atoms with Gasteiger partial charge in [0, 0.05) is 18.1 Å². The van der Waals surface area contributed by atoms with Crippen molar-refractivity contribution in [3.63, 3.8) is 0 Å². The van der Waals surface area contributed by atoms with Crippen LogP contribution in [0.4, 0.5) is 5.82 Å². The molecule has 2 heterocycles. The van der Waals surface area contributed by atoms with E-state index in [0.717, 1.165) is 29.8 Å². The van der Waals surface area contributed by atoms with Crippen LogP contribution in [-0.2, 0) is 11.2 Å². The molecule has 1 aromatic carbocycles. The summed E-state index contributed by atoms with van der Waals surface area (Å²) >= 11 is 0. The minimum atomic E-state index is -0.246. The molecule has 31 heavy (non-hydrogen) atoms. The van der Waals surface area contributed by atoms with Gasteiger partial charge in [-0.1, -0.05) is 26.0 Å². The zero-order chi connectivity index (χ0) is 22.0. The fraction of sp³-hybridized carbons (Fsp3) is 0.391. The molecule has 4 rings (SSSR count). The maximum absolute atomic E-state index is 12.7. The normalized spacial score (nSPS) is 13.4. The molecule has 0 saturated heterocycles. The predicted molar refractivity (Wildman–Crippen MR) is 118 cm³/mol. The van der Waals surface area contributed by atoms with Gasteiger partial charge in [0.15, 0.2) is 0 Å². The van der Waals surface area contributed by atoms with Crippen molar-refractivity contribution < 1.29 is 9.53 Å². The van der Waals surface area contributed by atoms with Crippen LogP contribution in [0.15, 0.2) is 41.2 Å². The van der Waals surface area contributed by atoms with Crippen LogP contribution >= 0.6 is 0 Å². The fourth-order valence-corrected chi connectivity index (χ4v) is 3.33. The molecule has 8 nitrogen and oxygen atoms in total. The monoisotopic (exact) mass is 421 g/mol. The summed E-state index contributed by atoms with van der Waals surface area (Å²) in [5, 5.41) is 7.57. The van der Waals surface area contributed by atoms with E-state index in [1.165, 1.54) is 10.7 Å². The second-order valence-corrected chi connectivity index (χ2v) is 8.09. The van der Waals surface area contributed by atoms with Crippen molar-refractivity contribution in [3.05, 3.63) is 63.7 Å². The number of aromatic nitrogens is 4. The van der Waals surface area contributed by atoms with Crippen LogP contribution in [0.3, 0.4) is 0 Å². The van der Waals surface area contributed by atoms with Crippen molar-refractivity contribution >= 4 is 11.7 Å². The van der Waals surface area contributed by atoms with Crippen LogP contribution < -0.4 is 15.6 Å². The summed E-state index contributed by atoms with van der Waals surface area (Å²) < 4.78 is 6.97. The molecule has 0 spiro atoms. The molecule has 0 aliphatic heterocycles. The maximum Gasteiger partial charge on any atom is 0.252 e. The molecular formula is C23H27N5O3. The van der Waals surface area contributed by atoms with E-state index in [0.29, 0.717) is 30.0 Å². The zero-order valence-corrected chi connectivity index (χ0v) is 18.0. The number of hydrogen-bond acceptors (Lipinski definition) is 5. The Kier molecular flexibility index (Phi) is 5.88. The SMILES string of the molecule is CCOc1ccc(CC(=O)Nc2cc(C3CC3)nn2-c2nc(C(C)C)cc(=O)[nH]2)cc1. The number of aromatic amines is 1. The van der Waals surface area contributed by atoms with Crippen molar-refractivity contribution in [3.8, 4) is 11.7 Å². The molecule has 1 saturated carbocycles. The number of amides is 1. The highest BCUT2D eigenvalue weighted by Gasteiger charge is 2.28. The Morgan fingerprint density at radius 2 is 2.00 bits per heavy atom. The molecule has 3 aromatic rings. The second kappa shape index (κ2) is 8.75. The highest BCUT2D eigenvalue weighted by atomic mass is 16.5. The lowest BCUT2D eigenvalue weighted by Gasteiger charge is -2.10. The number of rotatable bonds is 8. The van der Waals surface area contributed by atoms with Crippen molar-refractivity contribution in [2.75, 3.05) is 11.9 Å². The Morgan fingerprint density at radius 3 is 2.65 bits per heavy atom. The first-order chi connectivity index (χ1) is 14.9. The minimum absolute atomic E-state index is 0.0946. The highest BCUT2D eigenvalue weighted by Crippen LogP contribution is 2.40. The average molecular weight is 422 g/mol. The van der Waals surface area contributed by atoms with Crippen molar-refractivity contribution in [1.82, 2.24) is 19.7 Å². The smallest absolute Gasteiger partial charge is 0.252 e. The van der Waals surface area contributed by atoms with Gasteiger partial charge in [-0.2, -0.15) is 9.78 Å². The van der Waals surface area contributed by atoms with Gasteiger partial charge in [0.05, 0.1) is 24.4 Å². The summed E-state index contributed by atoms with van der Waals surface area (Å²) in [5.74, 6) is 1.90. The first-order valence-corrected chi connectivity index (χ1v) is 10.7. The molecule has 1 fully saturated rings. The first kappa shape index (κ1) is 20.8. The highest BCUT2D eigenvalue weighted by molar-refractivity contribution is 5.91. The summed E-state index contributed by atoms with van der Waals surface area (Å²) in [6.07, 6.45) is 2.37. The number of carbonyl (C=O) groups is 1. The Bertz CT molecular complexity index is 1130. The molecule has 2 N–H and O–H groups in total. The average Bonchev–Trinajstić information content (AvgIpc) is 3.50. The third-order valence-corrected chi connectivity index (χ3v) is 5.13. The van der Waals surface area contributed by atoms with Crippen molar-refractivity contribution in [2.24, 2.45) is 0 Å². The zero-order valence-electron chi connectivity index (χ0n) is 18.0. The molecule has 0 unspecified atom stereocenters. The van der Waals surface area contributed by atoms with Gasteiger partial charge < -0.3 is 10.1 Å². The lowest BCUT2D eigenvalue weighted by atomic mass is 10.1. The standard InChI is InChI=1S/C23H27N5O3/c1-4-31-17-9-5-15(6-10-17)11-21(29)25-20-12-19(16-7-8-16)27-28(20)23-24-18(14(2)3)13-22(30)26-23/h5-6,9-10,12-14,16H,4,7-8,11H2,1-3H3,(H,25,29)(H,24,26,30). The molecule has 2 aromatic heterocycles. The van der Waals surface area contributed by atoms with Crippen LogP contribution in [0, 0.1) is 0 Å². The van der Waals surface area contributed by atoms with E-state index in [-0.39, 0.29) is 23.8 Å². The number of ether oxygens (including phenoxy) is 1. The van der Waals surface area contributed by atoms with Crippen LogP contribution in [0.1, 0.15) is 62.4 Å². The van der Waals surface area contributed by atoms with E-state index in [1.54, 1.807) is 0 Å². The van der Waals surface area contributed by atoms with E-state index in [9.17, 15) is 9.59 Å². The van der Waals surface area contributed by atoms with Crippen LogP contribution in [-0.4, -0.2) is 32.3 Å². The molecule has 1 aliphatic carbocycles. The Labute approximate surface area is 180 Å². The van der Waals surface area contributed by atoms with Gasteiger partial charge in [-0.15, -0.1) is 0 Å². The fourth-order valence-electron chi connectivity index (χ4n) is 3.33. The molecule has 0 radical (unpaired) electrons. The summed E-state index contributed by atoms with van der Waals surface area (Å²) in [6.45, 7) is 6.48. The van der Waals surface area contributed by atoms with Gasteiger partial charge in [-0.3, -0.25) is 14.6 Å². The van der Waals surface area contributed by atoms with E-state index in [1.807, 2.05) is 51.1 Å². The molecule has 1 aliphatic rings. The number of H-pyrrole nitrogens is 1. The summed E-state index contributed by atoms with van der Waals surface area (Å²) in [4.78, 5) is 32.2. The Balaban J connectivity index is 1.58. The van der Waals surface area contributed by atoms with Gasteiger partial charge in [0.25, 0.3) is 5.56 Å². The topological polar surface area (TPSA) is 102 Å². The second-order valence-electron chi connectivity index (χ2n) is 8.09. The number of hydrogen-bond donors (Lipinski definition) is 2. The third kappa shape index (κ3) is 5.02. The minimum Gasteiger partial charge on any atom is -0.494 e. The van der Waals surface area contributed by atoms with E-state index in [2.05, 4.69) is 20.4 Å². The summed E-state index contributed by atoms with van der Waals surface area (Å²) in [7, 11) is 0. The van der Waals surface area contributed by atoms with Gasteiger partial charge in [0.1, 0.15) is 11.6 Å². The maximum atomic E-state index is 12.7. The Morgan fingerprint density at radius 1 is 1.26 bits per heavy atom. The quantitative estimate of drug-likeness (QED) is 0.579. The van der Waals surface area contributed by atoms with Gasteiger partial charge in [-0.25, -0.2) is 4.98 Å². The summed E-state index contributed by atoms with van der Waals surface area (Å²) in [6, 6.07) is 10.8. The number of carbonyl (C=O) groups excluding carboxylic acids is 1. The largest absolute Gasteiger partial charge is 0.494 e. The van der Waals surface area contributed by atoms with Crippen LogP contribution in [0.25, 0.3) is 5.95 Å². The number of benzene rings is 1. The molecule has 0 atom stereocenters. The van der Waals surface area contributed by atoms with Crippen LogP contribution in [0.2, 0.25) is 0 Å². The predicted octanol–water partition coefficient (Wildman–Crippen LogP) is 3.54. The van der Waals surface area contributed by atoms with Crippen LogP contribution in [0.5, 0.6) is 5.75 Å². The third-order valence-electron chi connectivity index (χ3n) is 5.13. The van der Waals surface area contributed by atoms with E-state index < -0.39 is 0 Å². The lowest BCUT2D eigenvalue weighted by Crippen LogP contribution is -2.20. The van der Waals surface area contributed by atoms with Crippen molar-refractivity contribution in [2.45, 2.75) is 51.9 Å². The molecular weight excluding hydrogens is 394 g/mol. The number of nitrogens with zero attached hydrogens (tertiary/aromatic N) is 3. The molecule has 1 amide bonds. The lowest BCUT2D eigenvalue weighted by molar-refractivity contribution is -0.115. The summed E-state index contributed by atoms with van der Waals surface area (Å²) in [5.41, 5.74) is 2.20. The number of nitrogens with one attached hydrogen (secondary N) is 2.